The van der Waals surface area contributed by atoms with Crippen LogP contribution in [0.1, 0.15) is 11.3 Å². The van der Waals surface area contributed by atoms with Gasteiger partial charge in [-0.05, 0) is 30.3 Å². The van der Waals surface area contributed by atoms with Crippen molar-refractivity contribution in [3.63, 3.8) is 0 Å². The molecule has 0 spiro atoms. The van der Waals surface area contributed by atoms with Crippen LogP contribution < -0.4 is 15.6 Å². The van der Waals surface area contributed by atoms with Crippen LogP contribution >= 0.6 is 0 Å². The van der Waals surface area contributed by atoms with E-state index in [4.69, 9.17) is 14.4 Å². The van der Waals surface area contributed by atoms with Crippen molar-refractivity contribution in [1.29, 1.82) is 5.26 Å². The molecule has 0 aliphatic heterocycles. The number of hydrogen-bond acceptors (Lipinski definition) is 5. The van der Waals surface area contributed by atoms with E-state index in [1.165, 1.54) is 18.4 Å². The first kappa shape index (κ1) is 15.9. The van der Waals surface area contributed by atoms with Gasteiger partial charge in [0, 0.05) is 6.08 Å². The van der Waals surface area contributed by atoms with Crippen LogP contribution in [0.3, 0.4) is 0 Å². The minimum Gasteiger partial charge on any atom is -0.482 e. The Labute approximate surface area is 132 Å². The van der Waals surface area contributed by atoms with Gasteiger partial charge < -0.3 is 9.15 Å². The molecule has 2 amide bonds. The summed E-state index contributed by atoms with van der Waals surface area (Å²) < 4.78 is 10.2. The fourth-order valence-corrected chi connectivity index (χ4v) is 1.58. The molecule has 7 heteroatoms. The summed E-state index contributed by atoms with van der Waals surface area (Å²) in [5, 5.41) is 8.89. The highest BCUT2D eigenvalue weighted by molar-refractivity contribution is 5.92. The van der Waals surface area contributed by atoms with Gasteiger partial charge in [0.25, 0.3) is 11.8 Å². The van der Waals surface area contributed by atoms with Crippen LogP contribution in [0.15, 0.2) is 53.2 Å². The van der Waals surface area contributed by atoms with Crippen molar-refractivity contribution in [3.05, 3.63) is 60.1 Å². The Bertz CT molecular complexity index is 745. The predicted molar refractivity (Wildman–Crippen MR) is 80.7 cm³/mol. The second-order valence-electron chi connectivity index (χ2n) is 4.28. The molecule has 0 bridgehead atoms. The average molecular weight is 311 g/mol. The summed E-state index contributed by atoms with van der Waals surface area (Å²) in [5.41, 5.74) is 4.71. The summed E-state index contributed by atoms with van der Waals surface area (Å²) >= 11 is 0. The first-order valence-electron chi connectivity index (χ1n) is 6.61. The molecule has 0 atom stereocenters. The molecule has 23 heavy (non-hydrogen) atoms. The highest BCUT2D eigenvalue weighted by Gasteiger charge is 2.06. The molecule has 0 aliphatic rings. The zero-order valence-electron chi connectivity index (χ0n) is 12.0. The van der Waals surface area contributed by atoms with Crippen LogP contribution in [-0.2, 0) is 9.59 Å². The summed E-state index contributed by atoms with van der Waals surface area (Å²) in [6, 6.07) is 11.9. The maximum Gasteiger partial charge on any atom is 0.276 e. The van der Waals surface area contributed by atoms with E-state index in [0.717, 1.165) is 0 Å². The minimum absolute atomic E-state index is 0.300. The molecule has 1 aromatic heterocycles. The molecular weight excluding hydrogens is 298 g/mol. The fraction of sp³-hybridized carbons (Fsp3) is 0.0625. The van der Waals surface area contributed by atoms with Crippen LogP contribution in [0.2, 0.25) is 0 Å². The average Bonchev–Trinajstić information content (AvgIpc) is 3.10. The molecule has 0 unspecified atom stereocenters. The number of para-hydroxylation sites is 1. The van der Waals surface area contributed by atoms with Crippen molar-refractivity contribution in [1.82, 2.24) is 10.9 Å². The van der Waals surface area contributed by atoms with Crippen molar-refractivity contribution in [2.24, 2.45) is 0 Å². The Kier molecular flexibility index (Phi) is 5.54. The molecule has 116 valence electrons. The van der Waals surface area contributed by atoms with E-state index in [0.29, 0.717) is 17.1 Å². The number of hydrazine groups is 1. The van der Waals surface area contributed by atoms with E-state index in [-0.39, 0.29) is 6.61 Å². The summed E-state index contributed by atoms with van der Waals surface area (Å²) in [6.45, 7) is -0.332. The second-order valence-corrected chi connectivity index (χ2v) is 4.28. The number of furan rings is 1. The number of benzene rings is 1. The van der Waals surface area contributed by atoms with Crippen molar-refractivity contribution in [3.8, 4) is 11.8 Å². The number of amides is 2. The van der Waals surface area contributed by atoms with Crippen LogP contribution in [0.25, 0.3) is 6.08 Å². The van der Waals surface area contributed by atoms with Gasteiger partial charge in [-0.15, -0.1) is 0 Å². The molecule has 0 saturated heterocycles. The molecule has 2 N–H and O–H groups in total. The monoisotopic (exact) mass is 311 g/mol. The lowest BCUT2D eigenvalue weighted by molar-refractivity contribution is -0.128. The molecule has 2 rings (SSSR count). The molecule has 2 aromatic rings. The van der Waals surface area contributed by atoms with Crippen molar-refractivity contribution >= 4 is 17.9 Å². The smallest absolute Gasteiger partial charge is 0.276 e. The van der Waals surface area contributed by atoms with Crippen LogP contribution in [0.5, 0.6) is 5.75 Å². The Balaban J connectivity index is 1.75. The van der Waals surface area contributed by atoms with E-state index < -0.39 is 11.8 Å². The SMILES string of the molecule is N#Cc1ccccc1OCC(=O)NNC(=O)/C=C/c1ccco1. The van der Waals surface area contributed by atoms with Gasteiger partial charge in [0.2, 0.25) is 0 Å². The number of carbonyl (C=O) groups is 2. The topological polar surface area (TPSA) is 104 Å². The Morgan fingerprint density at radius 3 is 2.78 bits per heavy atom. The fourth-order valence-electron chi connectivity index (χ4n) is 1.58. The van der Waals surface area contributed by atoms with Gasteiger partial charge >= 0.3 is 0 Å². The summed E-state index contributed by atoms with van der Waals surface area (Å²) in [7, 11) is 0. The van der Waals surface area contributed by atoms with Gasteiger partial charge in [0.05, 0.1) is 11.8 Å². The number of hydrogen-bond donors (Lipinski definition) is 2. The van der Waals surface area contributed by atoms with Crippen molar-refractivity contribution < 1.29 is 18.7 Å². The van der Waals surface area contributed by atoms with Crippen LogP contribution in [-0.4, -0.2) is 18.4 Å². The third-order valence-corrected chi connectivity index (χ3v) is 2.63. The molecule has 1 aromatic carbocycles. The largest absolute Gasteiger partial charge is 0.482 e. The lowest BCUT2D eigenvalue weighted by Crippen LogP contribution is -2.43. The van der Waals surface area contributed by atoms with E-state index >= 15 is 0 Å². The van der Waals surface area contributed by atoms with Crippen molar-refractivity contribution in [2.45, 2.75) is 0 Å². The third kappa shape index (κ3) is 5.06. The van der Waals surface area contributed by atoms with E-state index in [1.807, 2.05) is 6.07 Å². The number of rotatable bonds is 5. The highest BCUT2D eigenvalue weighted by atomic mass is 16.5. The first-order chi connectivity index (χ1) is 11.2. The number of nitriles is 1. The van der Waals surface area contributed by atoms with Crippen molar-refractivity contribution in [2.75, 3.05) is 6.61 Å². The molecule has 0 fully saturated rings. The lowest BCUT2D eigenvalue weighted by atomic mass is 10.2. The quantitative estimate of drug-likeness (QED) is 0.641. The summed E-state index contributed by atoms with van der Waals surface area (Å²) in [5.74, 6) is -0.262. The zero-order valence-corrected chi connectivity index (χ0v) is 12.0. The van der Waals surface area contributed by atoms with Gasteiger partial charge in [-0.25, -0.2) is 0 Å². The van der Waals surface area contributed by atoms with Crippen LogP contribution in [0, 0.1) is 11.3 Å². The molecule has 7 nitrogen and oxygen atoms in total. The highest BCUT2D eigenvalue weighted by Crippen LogP contribution is 2.15. The normalized spacial score (nSPS) is 10.0. The second kappa shape index (κ2) is 8.05. The third-order valence-electron chi connectivity index (χ3n) is 2.63. The maximum absolute atomic E-state index is 11.6. The summed E-state index contributed by atoms with van der Waals surface area (Å²) in [4.78, 5) is 23.1. The predicted octanol–water partition coefficient (Wildman–Crippen LogP) is 1.39. The first-order valence-corrected chi connectivity index (χ1v) is 6.61. The lowest BCUT2D eigenvalue weighted by Gasteiger charge is -2.08. The van der Waals surface area contributed by atoms with E-state index in [1.54, 1.807) is 36.4 Å². The number of carbonyl (C=O) groups excluding carboxylic acids is 2. The standard InChI is InChI=1S/C16H13N3O4/c17-10-12-4-1-2-6-14(12)23-11-16(21)19-18-15(20)8-7-13-5-3-9-22-13/h1-9H,11H2,(H,18,20)(H,19,21)/b8-7+. The minimum atomic E-state index is -0.558. The van der Waals surface area contributed by atoms with Gasteiger partial charge in [-0.3, -0.25) is 20.4 Å². The molecule has 0 saturated carbocycles. The summed E-state index contributed by atoms with van der Waals surface area (Å²) in [6.07, 6.45) is 4.15. The molecule has 0 aliphatic carbocycles. The van der Waals surface area contributed by atoms with Gasteiger partial charge in [0.15, 0.2) is 6.61 Å². The van der Waals surface area contributed by atoms with Crippen LogP contribution in [0.4, 0.5) is 0 Å². The number of ether oxygens (including phenoxy) is 1. The van der Waals surface area contributed by atoms with Gasteiger partial charge in [-0.1, -0.05) is 12.1 Å². The van der Waals surface area contributed by atoms with E-state index in [9.17, 15) is 9.59 Å². The maximum atomic E-state index is 11.6. The Morgan fingerprint density at radius 1 is 1.22 bits per heavy atom. The molecule has 0 radical (unpaired) electrons. The number of nitrogens with zero attached hydrogens (tertiary/aromatic N) is 1. The molecular formula is C16H13N3O4. The Hall–Kier alpha value is -3.53. The van der Waals surface area contributed by atoms with E-state index in [2.05, 4.69) is 10.9 Å². The molecule has 1 heterocycles. The van der Waals surface area contributed by atoms with Gasteiger partial charge in [-0.2, -0.15) is 5.26 Å². The number of nitrogens with one attached hydrogen (secondary N) is 2. The zero-order chi connectivity index (χ0) is 16.5. The van der Waals surface area contributed by atoms with Gasteiger partial charge in [0.1, 0.15) is 17.6 Å². The Morgan fingerprint density at radius 2 is 2.04 bits per heavy atom.